The highest BCUT2D eigenvalue weighted by Crippen LogP contribution is 2.20. The van der Waals surface area contributed by atoms with E-state index in [2.05, 4.69) is 16.3 Å². The molecular formula is C23H26N4O3S. The zero-order chi connectivity index (χ0) is 22.4. The summed E-state index contributed by atoms with van der Waals surface area (Å²) in [6.07, 6.45) is 4.84. The van der Waals surface area contributed by atoms with Crippen molar-refractivity contribution in [3.63, 3.8) is 0 Å². The minimum atomic E-state index is -3.46. The van der Waals surface area contributed by atoms with Crippen LogP contribution in [-0.2, 0) is 14.8 Å². The van der Waals surface area contributed by atoms with Gasteiger partial charge in [0.2, 0.25) is 15.9 Å². The van der Waals surface area contributed by atoms with Gasteiger partial charge in [-0.1, -0.05) is 12.1 Å². The molecule has 0 saturated carbocycles. The first-order valence-electron chi connectivity index (χ1n) is 10.1. The van der Waals surface area contributed by atoms with Crippen molar-refractivity contribution in [2.45, 2.75) is 23.8 Å². The number of nitriles is 1. The molecule has 1 fully saturated rings. The van der Waals surface area contributed by atoms with Crippen LogP contribution < -0.4 is 10.2 Å². The molecule has 0 bridgehead atoms. The van der Waals surface area contributed by atoms with E-state index in [1.165, 1.54) is 32.3 Å². The molecular weight excluding hydrogens is 412 g/mol. The number of nitrogens with zero attached hydrogens (tertiary/aromatic N) is 3. The molecule has 8 heteroatoms. The number of carbonyl (C=O) groups excluding carboxylic acids is 1. The van der Waals surface area contributed by atoms with Crippen molar-refractivity contribution in [1.29, 1.82) is 5.26 Å². The van der Waals surface area contributed by atoms with Gasteiger partial charge in [-0.2, -0.15) is 5.26 Å². The van der Waals surface area contributed by atoms with Crippen LogP contribution in [0.1, 0.15) is 24.0 Å². The summed E-state index contributed by atoms with van der Waals surface area (Å²) in [5.41, 5.74) is 2.48. The maximum atomic E-state index is 12.3. The molecule has 162 valence electrons. The predicted molar refractivity (Wildman–Crippen MR) is 121 cm³/mol. The van der Waals surface area contributed by atoms with Gasteiger partial charge in [-0.05, 0) is 60.9 Å². The quantitative estimate of drug-likeness (QED) is 0.700. The monoisotopic (exact) mass is 438 g/mol. The summed E-state index contributed by atoms with van der Waals surface area (Å²) in [4.78, 5) is 14.7. The van der Waals surface area contributed by atoms with Crippen LogP contribution in [-0.4, -0.2) is 51.9 Å². The Kier molecular flexibility index (Phi) is 7.10. The third kappa shape index (κ3) is 5.72. The molecule has 0 radical (unpaired) electrons. The van der Waals surface area contributed by atoms with Crippen LogP contribution in [0.15, 0.2) is 59.5 Å². The van der Waals surface area contributed by atoms with E-state index in [1.807, 2.05) is 24.3 Å². The van der Waals surface area contributed by atoms with E-state index < -0.39 is 10.0 Å². The van der Waals surface area contributed by atoms with Gasteiger partial charge in [0.15, 0.2) is 0 Å². The van der Waals surface area contributed by atoms with Crippen molar-refractivity contribution in [3.05, 3.63) is 65.7 Å². The van der Waals surface area contributed by atoms with Gasteiger partial charge in [0.25, 0.3) is 0 Å². The summed E-state index contributed by atoms with van der Waals surface area (Å²) in [7, 11) is -0.484. The maximum Gasteiger partial charge on any atom is 0.244 e. The Bertz CT molecular complexity index is 1080. The predicted octanol–water partition coefficient (Wildman–Crippen LogP) is 2.61. The van der Waals surface area contributed by atoms with Crippen molar-refractivity contribution < 1.29 is 13.2 Å². The molecule has 0 atom stereocenters. The highest BCUT2D eigenvalue weighted by molar-refractivity contribution is 7.89. The Labute approximate surface area is 183 Å². The Hall–Kier alpha value is -3.15. The Balaban J connectivity index is 1.50. The second-order valence-corrected chi connectivity index (χ2v) is 9.77. The van der Waals surface area contributed by atoms with Gasteiger partial charge in [0.1, 0.15) is 0 Å². The van der Waals surface area contributed by atoms with Crippen molar-refractivity contribution >= 4 is 27.7 Å². The third-order valence-electron chi connectivity index (χ3n) is 5.29. The van der Waals surface area contributed by atoms with E-state index in [-0.39, 0.29) is 16.8 Å². The van der Waals surface area contributed by atoms with E-state index in [1.54, 1.807) is 18.2 Å². The summed E-state index contributed by atoms with van der Waals surface area (Å²) >= 11 is 0. The molecule has 7 nitrogen and oxygen atoms in total. The van der Waals surface area contributed by atoms with Gasteiger partial charge in [-0.15, -0.1) is 0 Å². The summed E-state index contributed by atoms with van der Waals surface area (Å²) in [5, 5.41) is 11.9. The number of rotatable bonds is 6. The number of anilines is 1. The standard InChI is InChI=1S/C23H26N4O3S/c1-26(2)31(29,30)22-10-5-18(6-11-22)7-12-23(28)25-20-13-15-27(16-14-20)21-8-3-19(17-24)4-9-21/h3-12,20H,13-16H2,1-2H3,(H,25,28)/b12-7+. The van der Waals surface area contributed by atoms with Crippen LogP contribution in [0.5, 0.6) is 0 Å². The average molecular weight is 439 g/mol. The highest BCUT2D eigenvalue weighted by atomic mass is 32.2. The van der Waals surface area contributed by atoms with Gasteiger partial charge in [-0.25, -0.2) is 12.7 Å². The molecule has 0 spiro atoms. The summed E-state index contributed by atoms with van der Waals surface area (Å²) in [6.45, 7) is 1.67. The number of nitrogens with one attached hydrogen (secondary N) is 1. The molecule has 2 aromatic rings. The van der Waals surface area contributed by atoms with E-state index in [0.29, 0.717) is 5.56 Å². The first-order valence-corrected chi connectivity index (χ1v) is 11.5. The number of carbonyl (C=O) groups is 1. The highest BCUT2D eigenvalue weighted by Gasteiger charge is 2.20. The molecule has 3 rings (SSSR count). The minimum absolute atomic E-state index is 0.111. The number of benzene rings is 2. The van der Waals surface area contributed by atoms with Gasteiger partial charge < -0.3 is 10.2 Å². The fourth-order valence-corrected chi connectivity index (χ4v) is 4.31. The van der Waals surface area contributed by atoms with Gasteiger partial charge in [0, 0.05) is 45.0 Å². The lowest BCUT2D eigenvalue weighted by Gasteiger charge is -2.33. The van der Waals surface area contributed by atoms with Gasteiger partial charge in [-0.3, -0.25) is 4.79 Å². The molecule has 0 aliphatic carbocycles. The number of hydrogen-bond donors (Lipinski definition) is 1. The minimum Gasteiger partial charge on any atom is -0.371 e. The first kappa shape index (κ1) is 22.5. The fourth-order valence-electron chi connectivity index (χ4n) is 3.41. The van der Waals surface area contributed by atoms with Crippen LogP contribution in [0.25, 0.3) is 6.08 Å². The first-order chi connectivity index (χ1) is 14.8. The van der Waals surface area contributed by atoms with E-state index >= 15 is 0 Å². The topological polar surface area (TPSA) is 93.5 Å². The average Bonchev–Trinajstić information content (AvgIpc) is 2.78. The van der Waals surface area contributed by atoms with Crippen molar-refractivity contribution in [2.24, 2.45) is 0 Å². The second-order valence-electron chi connectivity index (χ2n) is 7.62. The maximum absolute atomic E-state index is 12.3. The molecule has 1 heterocycles. The smallest absolute Gasteiger partial charge is 0.244 e. The molecule has 2 aromatic carbocycles. The molecule has 1 amide bonds. The number of hydrogen-bond acceptors (Lipinski definition) is 5. The number of sulfonamides is 1. The lowest BCUT2D eigenvalue weighted by molar-refractivity contribution is -0.117. The van der Waals surface area contributed by atoms with Crippen molar-refractivity contribution in [3.8, 4) is 6.07 Å². The molecule has 31 heavy (non-hydrogen) atoms. The molecule has 0 aromatic heterocycles. The van der Waals surface area contributed by atoms with Crippen molar-refractivity contribution in [1.82, 2.24) is 9.62 Å². The van der Waals surface area contributed by atoms with Gasteiger partial charge in [0.05, 0.1) is 16.5 Å². The third-order valence-corrected chi connectivity index (χ3v) is 7.12. The summed E-state index contributed by atoms with van der Waals surface area (Å²) in [5.74, 6) is -0.165. The Morgan fingerprint density at radius 1 is 1.10 bits per heavy atom. The van der Waals surface area contributed by atoms with Crippen LogP contribution in [0.4, 0.5) is 5.69 Å². The Morgan fingerprint density at radius 2 is 1.71 bits per heavy atom. The molecule has 1 aliphatic heterocycles. The number of amides is 1. The molecule has 1 N–H and O–H groups in total. The van der Waals surface area contributed by atoms with Gasteiger partial charge >= 0.3 is 0 Å². The molecule has 1 aliphatic rings. The van der Waals surface area contributed by atoms with Crippen molar-refractivity contribution in [2.75, 3.05) is 32.1 Å². The SMILES string of the molecule is CN(C)S(=O)(=O)c1ccc(/C=C/C(=O)NC2CCN(c3ccc(C#N)cc3)CC2)cc1. The van der Waals surface area contributed by atoms with Crippen LogP contribution in [0.2, 0.25) is 0 Å². The normalized spacial score (nSPS) is 15.2. The summed E-state index contributed by atoms with van der Waals surface area (Å²) in [6, 6.07) is 16.2. The fraction of sp³-hybridized carbons (Fsp3) is 0.304. The zero-order valence-electron chi connectivity index (χ0n) is 17.7. The van der Waals surface area contributed by atoms with Crippen LogP contribution >= 0.6 is 0 Å². The summed E-state index contributed by atoms with van der Waals surface area (Å²) < 4.78 is 25.4. The van der Waals surface area contributed by atoms with E-state index in [0.717, 1.165) is 41.5 Å². The lowest BCUT2D eigenvalue weighted by Crippen LogP contribution is -2.44. The van der Waals surface area contributed by atoms with Crippen LogP contribution in [0, 0.1) is 11.3 Å². The number of piperidine rings is 1. The Morgan fingerprint density at radius 3 is 2.26 bits per heavy atom. The largest absolute Gasteiger partial charge is 0.371 e. The molecule has 1 saturated heterocycles. The van der Waals surface area contributed by atoms with E-state index in [4.69, 9.17) is 5.26 Å². The van der Waals surface area contributed by atoms with E-state index in [9.17, 15) is 13.2 Å². The zero-order valence-corrected chi connectivity index (χ0v) is 18.5. The lowest BCUT2D eigenvalue weighted by atomic mass is 10.0. The van der Waals surface area contributed by atoms with Crippen LogP contribution in [0.3, 0.4) is 0 Å². The molecule has 0 unspecified atom stereocenters. The second kappa shape index (κ2) is 9.77.